The highest BCUT2D eigenvalue weighted by atomic mass is 79.9. The number of hydrogen-bond acceptors (Lipinski definition) is 6. The number of nitrogens with zero attached hydrogens (tertiary/aromatic N) is 4. The van der Waals surface area contributed by atoms with Crippen LogP contribution in [0.25, 0.3) is 0 Å². The van der Waals surface area contributed by atoms with Crippen molar-refractivity contribution >= 4 is 53.5 Å². The summed E-state index contributed by atoms with van der Waals surface area (Å²) in [5, 5.41) is 11.4. The number of nitrogens with one attached hydrogen (secondary N) is 1. The van der Waals surface area contributed by atoms with Crippen molar-refractivity contribution in [1.82, 2.24) is 19.6 Å². The van der Waals surface area contributed by atoms with E-state index in [4.69, 9.17) is 5.73 Å². The van der Waals surface area contributed by atoms with Crippen LogP contribution in [0.1, 0.15) is 22.3 Å². The van der Waals surface area contributed by atoms with E-state index in [1.807, 2.05) is 60.7 Å². The van der Waals surface area contributed by atoms with Crippen LogP contribution in [0.3, 0.4) is 0 Å². The molecule has 13 heteroatoms. The van der Waals surface area contributed by atoms with E-state index >= 15 is 0 Å². The van der Waals surface area contributed by atoms with Gasteiger partial charge >= 0.3 is 0 Å². The summed E-state index contributed by atoms with van der Waals surface area (Å²) < 4.78 is 29.5. The van der Waals surface area contributed by atoms with Crippen LogP contribution in [0.5, 0.6) is 0 Å². The molecule has 252 valence electrons. The smallest absolute Gasteiger partial charge is 0.283 e. The van der Waals surface area contributed by atoms with Crippen molar-refractivity contribution in [3.63, 3.8) is 0 Å². The summed E-state index contributed by atoms with van der Waals surface area (Å²) in [6.07, 6.45) is 3.21. The fourth-order valence-corrected chi connectivity index (χ4v) is 5.21. The van der Waals surface area contributed by atoms with Crippen molar-refractivity contribution in [2.45, 2.75) is 26.2 Å². The highest BCUT2D eigenvalue weighted by Gasteiger charge is 2.10. The SMILES string of the molecule is NCc1ccc(F)cc1.O=c1c(Br)c(Br)cnn1Cc1ccccc1.O=c1c(Br)c(NCc2ccc(F)cc2)cnn1Cc1ccccc1. The van der Waals surface area contributed by atoms with Gasteiger partial charge in [0.15, 0.2) is 0 Å². The van der Waals surface area contributed by atoms with E-state index in [-0.39, 0.29) is 22.8 Å². The van der Waals surface area contributed by atoms with Gasteiger partial charge in [0.2, 0.25) is 0 Å². The maximum atomic E-state index is 12.9. The highest BCUT2D eigenvalue weighted by molar-refractivity contribution is 9.13. The van der Waals surface area contributed by atoms with Gasteiger partial charge in [-0.3, -0.25) is 9.59 Å². The summed E-state index contributed by atoms with van der Waals surface area (Å²) >= 11 is 9.80. The van der Waals surface area contributed by atoms with Crippen molar-refractivity contribution in [3.8, 4) is 0 Å². The standard InChI is InChI=1S/C18H15BrFN3O.C11H8Br2N2O.C7H8FN/c19-17-16(21-10-13-6-8-15(20)9-7-13)11-22-23(18(17)24)12-14-4-2-1-3-5-14;12-9-6-14-15(11(16)10(9)13)7-8-4-2-1-3-5-8;8-7-3-1-6(5-9)2-4-7/h1-9,11,21H,10,12H2;1-6H,7H2;1-4H,5,9H2. The van der Waals surface area contributed by atoms with Crippen LogP contribution in [0, 0.1) is 11.6 Å². The van der Waals surface area contributed by atoms with Crippen molar-refractivity contribution < 1.29 is 8.78 Å². The quantitative estimate of drug-likeness (QED) is 0.161. The molecule has 6 rings (SSSR count). The third-order valence-corrected chi connectivity index (χ3v) is 9.49. The molecule has 4 aromatic carbocycles. The molecule has 0 unspecified atom stereocenters. The minimum absolute atomic E-state index is 0.141. The summed E-state index contributed by atoms with van der Waals surface area (Å²) in [5.41, 5.74) is 9.46. The van der Waals surface area contributed by atoms with Crippen LogP contribution < -0.4 is 22.2 Å². The first-order chi connectivity index (χ1) is 23.6. The molecule has 0 amide bonds. The van der Waals surface area contributed by atoms with Crippen LogP contribution in [-0.2, 0) is 26.2 Å². The molecule has 8 nitrogen and oxygen atoms in total. The fourth-order valence-electron chi connectivity index (χ4n) is 4.19. The second kappa shape index (κ2) is 19.0. The van der Waals surface area contributed by atoms with Crippen molar-refractivity contribution in [2.75, 3.05) is 5.32 Å². The molecule has 0 saturated heterocycles. The maximum absolute atomic E-state index is 12.9. The van der Waals surface area contributed by atoms with Gasteiger partial charge in [-0.05, 0) is 94.3 Å². The molecule has 0 spiro atoms. The van der Waals surface area contributed by atoms with Gasteiger partial charge in [-0.25, -0.2) is 18.1 Å². The van der Waals surface area contributed by atoms with Gasteiger partial charge in [-0.15, -0.1) is 0 Å². The molecular formula is C36H31Br3F2N6O2. The Morgan fingerprint density at radius 1 is 0.592 bits per heavy atom. The number of aromatic nitrogens is 4. The van der Waals surface area contributed by atoms with Crippen molar-refractivity contribution in [3.05, 3.63) is 190 Å². The normalized spacial score (nSPS) is 10.3. The topological polar surface area (TPSA) is 108 Å². The van der Waals surface area contributed by atoms with Crippen LogP contribution in [-0.4, -0.2) is 19.6 Å². The number of benzene rings is 4. The lowest BCUT2D eigenvalue weighted by molar-refractivity contribution is 0.626. The van der Waals surface area contributed by atoms with Gasteiger partial charge in [-0.2, -0.15) is 10.2 Å². The van der Waals surface area contributed by atoms with Gasteiger partial charge in [0.05, 0.1) is 35.6 Å². The van der Waals surface area contributed by atoms with Gasteiger partial charge in [0, 0.05) is 13.1 Å². The Morgan fingerprint density at radius 3 is 1.53 bits per heavy atom. The molecule has 0 bridgehead atoms. The molecule has 6 aromatic rings. The second-order valence-electron chi connectivity index (χ2n) is 10.4. The molecule has 2 heterocycles. The third-order valence-electron chi connectivity index (χ3n) is 6.82. The Morgan fingerprint density at radius 2 is 1.04 bits per heavy atom. The molecule has 0 radical (unpaired) electrons. The average Bonchev–Trinajstić information content (AvgIpc) is 3.13. The van der Waals surface area contributed by atoms with Gasteiger partial charge in [0.1, 0.15) is 20.6 Å². The van der Waals surface area contributed by atoms with Crippen LogP contribution >= 0.6 is 47.8 Å². The van der Waals surface area contributed by atoms with Crippen molar-refractivity contribution in [1.29, 1.82) is 0 Å². The molecule has 0 fully saturated rings. The molecule has 0 aliphatic carbocycles. The molecule has 0 aliphatic rings. The predicted octanol–water partition coefficient (Wildman–Crippen LogP) is 7.91. The Labute approximate surface area is 307 Å². The number of rotatable bonds is 8. The van der Waals surface area contributed by atoms with Gasteiger partial charge in [-0.1, -0.05) is 84.9 Å². The molecule has 0 saturated carbocycles. The molecule has 49 heavy (non-hydrogen) atoms. The number of nitrogens with two attached hydrogens (primary N) is 1. The van der Waals surface area contributed by atoms with E-state index in [2.05, 4.69) is 63.3 Å². The zero-order valence-corrected chi connectivity index (χ0v) is 30.7. The zero-order valence-electron chi connectivity index (χ0n) is 25.9. The maximum Gasteiger partial charge on any atom is 0.283 e. The zero-order chi connectivity index (χ0) is 35.2. The minimum Gasteiger partial charge on any atom is -0.379 e. The molecule has 2 aromatic heterocycles. The first-order valence-corrected chi connectivity index (χ1v) is 17.2. The monoisotopic (exact) mass is 854 g/mol. The fraction of sp³-hybridized carbons (Fsp3) is 0.111. The van der Waals surface area contributed by atoms with Crippen LogP contribution in [0.4, 0.5) is 14.5 Å². The number of anilines is 1. The van der Waals surface area contributed by atoms with E-state index in [1.54, 1.807) is 36.7 Å². The summed E-state index contributed by atoms with van der Waals surface area (Å²) in [7, 11) is 0. The van der Waals surface area contributed by atoms with Crippen LogP contribution in [0.2, 0.25) is 0 Å². The summed E-state index contributed by atoms with van der Waals surface area (Å²) in [5.74, 6) is -0.489. The Hall–Kier alpha value is -4.30. The minimum atomic E-state index is -0.273. The third kappa shape index (κ3) is 11.7. The Bertz CT molecular complexity index is 2050. The summed E-state index contributed by atoms with van der Waals surface area (Å²) in [6.45, 7) is 1.84. The van der Waals surface area contributed by atoms with E-state index < -0.39 is 0 Å². The molecule has 0 aliphatic heterocycles. The highest BCUT2D eigenvalue weighted by Crippen LogP contribution is 2.18. The number of halogens is 5. The van der Waals surface area contributed by atoms with E-state index in [1.165, 1.54) is 33.6 Å². The Kier molecular flexibility index (Phi) is 14.6. The van der Waals surface area contributed by atoms with Crippen LogP contribution in [0.15, 0.2) is 145 Å². The van der Waals surface area contributed by atoms with E-state index in [0.717, 1.165) is 22.3 Å². The first kappa shape index (κ1) is 37.5. The largest absolute Gasteiger partial charge is 0.379 e. The van der Waals surface area contributed by atoms with Gasteiger partial charge in [0.25, 0.3) is 11.1 Å². The van der Waals surface area contributed by atoms with Gasteiger partial charge < -0.3 is 11.1 Å². The lowest BCUT2D eigenvalue weighted by atomic mass is 10.2. The lowest BCUT2D eigenvalue weighted by Gasteiger charge is -2.11. The first-order valence-electron chi connectivity index (χ1n) is 14.8. The molecule has 0 atom stereocenters. The average molecular weight is 857 g/mol. The van der Waals surface area contributed by atoms with E-state index in [0.29, 0.717) is 45.3 Å². The summed E-state index contributed by atoms with van der Waals surface area (Å²) in [4.78, 5) is 24.2. The number of hydrogen-bond donors (Lipinski definition) is 2. The molecule has 3 N–H and O–H groups in total. The summed E-state index contributed by atoms with van der Waals surface area (Å²) in [6, 6.07) is 31.8. The van der Waals surface area contributed by atoms with E-state index in [9.17, 15) is 18.4 Å². The Balaban J connectivity index is 0.000000185. The van der Waals surface area contributed by atoms with Crippen molar-refractivity contribution in [2.24, 2.45) is 5.73 Å². The molecular weight excluding hydrogens is 826 g/mol. The predicted molar refractivity (Wildman–Crippen MR) is 199 cm³/mol. The lowest BCUT2D eigenvalue weighted by Crippen LogP contribution is -2.25. The second-order valence-corrected chi connectivity index (χ2v) is 12.8.